The van der Waals surface area contributed by atoms with Crippen LogP contribution in [0.5, 0.6) is 11.5 Å². The summed E-state index contributed by atoms with van der Waals surface area (Å²) < 4.78 is 11.9. The third-order valence-corrected chi connectivity index (χ3v) is 7.00. The van der Waals surface area contributed by atoms with Gasteiger partial charge in [0, 0.05) is 5.69 Å². The number of ether oxygens (including phenoxy) is 2. The van der Waals surface area contributed by atoms with Gasteiger partial charge in [0.1, 0.15) is 5.57 Å². The molecule has 3 aromatic carbocycles. The molecule has 1 fully saturated rings. The largest absolute Gasteiger partial charge is 0.490 e. The van der Waals surface area contributed by atoms with E-state index in [4.69, 9.17) is 32.7 Å². The normalized spacial score (nSPS) is 14.3. The van der Waals surface area contributed by atoms with Gasteiger partial charge in [-0.15, -0.1) is 0 Å². The van der Waals surface area contributed by atoms with Gasteiger partial charge in [-0.05, 0) is 83.4 Å². The van der Waals surface area contributed by atoms with Crippen LogP contribution >= 0.6 is 39.1 Å². The van der Waals surface area contributed by atoms with E-state index in [2.05, 4.69) is 26.6 Å². The molecule has 0 atom stereocenters. The molecule has 0 bridgehead atoms. The van der Waals surface area contributed by atoms with Gasteiger partial charge < -0.3 is 14.8 Å². The molecule has 2 N–H and O–H groups in total. The molecule has 1 saturated heterocycles. The molecular weight excluding hydrogens is 625 g/mol. The standard InChI is InChI=1S/C28H22BrCl2N3O6/c1-3-39-23-12-16(11-19(29)25(23)40-14-24(35)32-22-7-5-4-6-15(22)2)10-18-26(36)33-28(38)34(27(18)37)17-8-9-20(30)21(31)13-17/h4-13H,3,14H2,1-2H3,(H,32,35)(H,33,36,38)/b18-10-. The van der Waals surface area contributed by atoms with Gasteiger partial charge in [0.25, 0.3) is 17.7 Å². The zero-order valence-corrected chi connectivity index (χ0v) is 24.3. The Morgan fingerprint density at radius 2 is 1.80 bits per heavy atom. The first-order valence-electron chi connectivity index (χ1n) is 11.9. The van der Waals surface area contributed by atoms with E-state index < -0.39 is 17.8 Å². The van der Waals surface area contributed by atoms with Crippen molar-refractivity contribution in [1.82, 2.24) is 5.32 Å². The molecule has 206 valence electrons. The topological polar surface area (TPSA) is 114 Å². The summed E-state index contributed by atoms with van der Waals surface area (Å²) in [6.45, 7) is 3.63. The fourth-order valence-corrected chi connectivity index (χ4v) is 4.66. The summed E-state index contributed by atoms with van der Waals surface area (Å²) in [5.41, 5.74) is 1.82. The second kappa shape index (κ2) is 12.5. The van der Waals surface area contributed by atoms with Crippen LogP contribution in [0.4, 0.5) is 16.2 Å². The number of urea groups is 1. The maximum Gasteiger partial charge on any atom is 0.335 e. The van der Waals surface area contributed by atoms with E-state index in [0.717, 1.165) is 10.5 Å². The Balaban J connectivity index is 1.59. The van der Waals surface area contributed by atoms with E-state index in [1.54, 1.807) is 25.1 Å². The van der Waals surface area contributed by atoms with Crippen LogP contribution in [0.2, 0.25) is 10.0 Å². The minimum atomic E-state index is -0.922. The number of nitrogens with zero attached hydrogens (tertiary/aromatic N) is 1. The minimum Gasteiger partial charge on any atom is -0.490 e. The van der Waals surface area contributed by atoms with Crippen molar-refractivity contribution in [2.75, 3.05) is 23.4 Å². The Hall–Kier alpha value is -3.86. The third kappa shape index (κ3) is 6.47. The summed E-state index contributed by atoms with van der Waals surface area (Å²) in [5, 5.41) is 5.33. The van der Waals surface area contributed by atoms with Crippen LogP contribution in [0.25, 0.3) is 6.08 Å². The number of hydrogen-bond donors (Lipinski definition) is 2. The maximum atomic E-state index is 13.2. The first-order chi connectivity index (χ1) is 19.1. The lowest BCUT2D eigenvalue weighted by atomic mass is 10.1. The first-order valence-corrected chi connectivity index (χ1v) is 13.4. The predicted molar refractivity (Wildman–Crippen MR) is 156 cm³/mol. The Bertz CT molecular complexity index is 1560. The van der Waals surface area contributed by atoms with E-state index >= 15 is 0 Å². The number of amides is 5. The highest BCUT2D eigenvalue weighted by Crippen LogP contribution is 2.38. The van der Waals surface area contributed by atoms with Crippen LogP contribution in [0.15, 0.2) is 64.6 Å². The highest BCUT2D eigenvalue weighted by Gasteiger charge is 2.37. The number of benzene rings is 3. The van der Waals surface area contributed by atoms with Crippen LogP contribution in [-0.4, -0.2) is 37.0 Å². The van der Waals surface area contributed by atoms with Crippen molar-refractivity contribution in [3.05, 3.63) is 85.8 Å². The lowest BCUT2D eigenvalue weighted by molar-refractivity contribution is -0.122. The van der Waals surface area contributed by atoms with Crippen molar-refractivity contribution in [3.63, 3.8) is 0 Å². The first kappa shape index (κ1) is 29.1. The number of imide groups is 2. The number of aryl methyl sites for hydroxylation is 1. The van der Waals surface area contributed by atoms with E-state index in [9.17, 15) is 19.2 Å². The zero-order chi connectivity index (χ0) is 29.0. The number of para-hydroxylation sites is 1. The molecule has 12 heteroatoms. The van der Waals surface area contributed by atoms with Gasteiger partial charge in [0.2, 0.25) is 0 Å². The smallest absolute Gasteiger partial charge is 0.335 e. The van der Waals surface area contributed by atoms with Gasteiger partial charge in [-0.25, -0.2) is 9.69 Å². The lowest BCUT2D eigenvalue weighted by Crippen LogP contribution is -2.54. The van der Waals surface area contributed by atoms with E-state index in [0.29, 0.717) is 15.7 Å². The summed E-state index contributed by atoms with van der Waals surface area (Å²) in [5.74, 6) is -1.56. The molecule has 4 rings (SSSR count). The van der Waals surface area contributed by atoms with Gasteiger partial charge in [0.05, 0.1) is 26.8 Å². The molecule has 40 heavy (non-hydrogen) atoms. The second-order valence-electron chi connectivity index (χ2n) is 8.47. The molecule has 0 aromatic heterocycles. The molecule has 5 amide bonds. The van der Waals surface area contributed by atoms with Gasteiger partial charge in [-0.2, -0.15) is 0 Å². The van der Waals surface area contributed by atoms with E-state index in [1.807, 2.05) is 25.1 Å². The summed E-state index contributed by atoms with van der Waals surface area (Å²) in [4.78, 5) is 51.7. The van der Waals surface area contributed by atoms with Gasteiger partial charge in [0.15, 0.2) is 18.1 Å². The summed E-state index contributed by atoms with van der Waals surface area (Å²) in [7, 11) is 0. The minimum absolute atomic E-state index is 0.135. The Labute approximate surface area is 248 Å². The Morgan fingerprint density at radius 1 is 1.05 bits per heavy atom. The van der Waals surface area contributed by atoms with E-state index in [1.165, 1.54) is 24.3 Å². The molecule has 0 aliphatic carbocycles. The van der Waals surface area contributed by atoms with Crippen LogP contribution < -0.4 is 25.0 Å². The number of anilines is 2. The predicted octanol–water partition coefficient (Wildman–Crippen LogP) is 6.15. The quantitative estimate of drug-likeness (QED) is 0.224. The van der Waals surface area contributed by atoms with Crippen LogP contribution in [-0.2, 0) is 14.4 Å². The number of barbiturate groups is 1. The summed E-state index contributed by atoms with van der Waals surface area (Å²) >= 11 is 15.4. The maximum absolute atomic E-state index is 13.2. The van der Waals surface area contributed by atoms with Crippen molar-refractivity contribution >= 4 is 80.3 Å². The lowest BCUT2D eigenvalue weighted by Gasteiger charge is -2.26. The van der Waals surface area contributed by atoms with Gasteiger partial charge in [-0.1, -0.05) is 41.4 Å². The Kier molecular flexibility index (Phi) is 9.14. The van der Waals surface area contributed by atoms with Gasteiger partial charge in [-0.3, -0.25) is 19.7 Å². The monoisotopic (exact) mass is 645 g/mol. The molecule has 1 heterocycles. The number of rotatable bonds is 8. The van der Waals surface area contributed by atoms with Crippen molar-refractivity contribution in [1.29, 1.82) is 0 Å². The molecule has 0 saturated carbocycles. The zero-order valence-electron chi connectivity index (χ0n) is 21.2. The number of halogens is 3. The van der Waals surface area contributed by atoms with Crippen molar-refractivity contribution in [3.8, 4) is 11.5 Å². The fraction of sp³-hybridized carbons (Fsp3) is 0.143. The molecule has 1 aliphatic heterocycles. The SMILES string of the molecule is CCOc1cc(/C=C2/C(=O)NC(=O)N(c3ccc(Cl)c(Cl)c3)C2=O)cc(Br)c1OCC(=O)Nc1ccccc1C. The molecule has 0 unspecified atom stereocenters. The highest BCUT2D eigenvalue weighted by molar-refractivity contribution is 9.10. The number of hydrogen-bond acceptors (Lipinski definition) is 6. The van der Waals surface area contributed by atoms with Crippen molar-refractivity contribution < 1.29 is 28.7 Å². The van der Waals surface area contributed by atoms with Crippen LogP contribution in [0, 0.1) is 6.92 Å². The average molecular weight is 647 g/mol. The van der Waals surface area contributed by atoms with E-state index in [-0.39, 0.29) is 51.9 Å². The number of nitrogens with one attached hydrogen (secondary N) is 2. The molecule has 0 spiro atoms. The highest BCUT2D eigenvalue weighted by atomic mass is 79.9. The Morgan fingerprint density at radius 3 is 2.50 bits per heavy atom. The van der Waals surface area contributed by atoms with Crippen molar-refractivity contribution in [2.24, 2.45) is 0 Å². The molecule has 9 nitrogen and oxygen atoms in total. The summed E-state index contributed by atoms with van der Waals surface area (Å²) in [6, 6.07) is 13.8. The van der Waals surface area contributed by atoms with Crippen LogP contribution in [0.1, 0.15) is 18.1 Å². The molecule has 1 aliphatic rings. The molecule has 0 radical (unpaired) electrons. The number of carbonyl (C=O) groups is 4. The van der Waals surface area contributed by atoms with Crippen LogP contribution in [0.3, 0.4) is 0 Å². The average Bonchev–Trinajstić information content (AvgIpc) is 2.89. The van der Waals surface area contributed by atoms with Gasteiger partial charge >= 0.3 is 6.03 Å². The van der Waals surface area contributed by atoms with Crippen molar-refractivity contribution in [2.45, 2.75) is 13.8 Å². The second-order valence-corrected chi connectivity index (χ2v) is 10.1. The molecular formula is C28H22BrCl2N3O6. The molecule has 3 aromatic rings. The fourth-order valence-electron chi connectivity index (χ4n) is 3.79. The summed E-state index contributed by atoms with van der Waals surface area (Å²) in [6.07, 6.45) is 1.32. The number of carbonyl (C=O) groups excluding carboxylic acids is 4. The third-order valence-electron chi connectivity index (χ3n) is 5.67.